The highest BCUT2D eigenvalue weighted by Gasteiger charge is 2.11. The molecule has 0 bridgehead atoms. The van der Waals surface area contributed by atoms with Crippen LogP contribution >= 0.6 is 0 Å². The Morgan fingerprint density at radius 1 is 0.567 bits per heavy atom. The van der Waals surface area contributed by atoms with Gasteiger partial charge in [0.25, 0.3) is 0 Å². The summed E-state index contributed by atoms with van der Waals surface area (Å²) in [6.07, 6.45) is 3.88. The number of benzene rings is 2. The lowest BCUT2D eigenvalue weighted by molar-refractivity contribution is -0.348. The maximum Gasteiger partial charge on any atom is 0.0952 e. The number of hydrogen-bond donors (Lipinski definition) is 0. The van der Waals surface area contributed by atoms with Crippen molar-refractivity contribution in [3.05, 3.63) is 71.8 Å². The van der Waals surface area contributed by atoms with Crippen molar-refractivity contribution >= 4 is 0 Å². The molecule has 0 saturated heterocycles. The Morgan fingerprint density at radius 3 is 1.27 bits per heavy atom. The number of rotatable bonds is 10. The van der Waals surface area contributed by atoms with Gasteiger partial charge >= 0.3 is 0 Å². The summed E-state index contributed by atoms with van der Waals surface area (Å²) in [7, 11) is 0. The topological polar surface area (TPSA) is 36.9 Å². The van der Waals surface area contributed by atoms with Gasteiger partial charge in [-0.05, 0) is 78.4 Å². The lowest BCUT2D eigenvalue weighted by atomic mass is 10.0. The van der Waals surface area contributed by atoms with Crippen molar-refractivity contribution in [2.45, 2.75) is 78.4 Å². The second-order valence-corrected chi connectivity index (χ2v) is 9.22. The minimum Gasteiger partial charge on any atom is -0.236 e. The molecule has 2 aromatic rings. The molecule has 0 aliphatic heterocycles. The van der Waals surface area contributed by atoms with Crippen LogP contribution in [0.3, 0.4) is 0 Å². The van der Waals surface area contributed by atoms with E-state index in [1.165, 1.54) is 11.1 Å². The van der Waals surface area contributed by atoms with E-state index in [0.717, 1.165) is 25.7 Å². The van der Waals surface area contributed by atoms with E-state index in [0.29, 0.717) is 13.2 Å². The molecule has 0 atom stereocenters. The van der Waals surface area contributed by atoms with Crippen LogP contribution in [0.5, 0.6) is 0 Å². The molecule has 2 rings (SSSR count). The molecule has 0 aliphatic rings. The fourth-order valence-electron chi connectivity index (χ4n) is 2.43. The van der Waals surface area contributed by atoms with Crippen LogP contribution in [0.2, 0.25) is 0 Å². The molecule has 0 radical (unpaired) electrons. The minimum atomic E-state index is -0.251. The summed E-state index contributed by atoms with van der Waals surface area (Å²) in [6.45, 7) is 13.1. The molecule has 0 heterocycles. The summed E-state index contributed by atoms with van der Waals surface area (Å²) in [5.41, 5.74) is 2.16. The molecule has 168 valence electrons. The first-order valence-electron chi connectivity index (χ1n) is 10.8. The average molecular weight is 417 g/mol. The summed E-state index contributed by atoms with van der Waals surface area (Å²) in [5, 5.41) is 0. The van der Waals surface area contributed by atoms with Crippen LogP contribution in [0.15, 0.2) is 60.7 Å². The van der Waals surface area contributed by atoms with Gasteiger partial charge in [-0.25, -0.2) is 19.6 Å². The predicted octanol–water partition coefficient (Wildman–Crippen LogP) is 6.73. The zero-order chi connectivity index (χ0) is 22.3. The van der Waals surface area contributed by atoms with Crippen molar-refractivity contribution in [3.63, 3.8) is 0 Å². The SMILES string of the molecule is CC(C)(C)OOCCCc1cccc(CCCOOC(C)(C)C)c1.c1ccccc1. The van der Waals surface area contributed by atoms with Crippen molar-refractivity contribution in [2.24, 2.45) is 0 Å². The summed E-state index contributed by atoms with van der Waals surface area (Å²) < 4.78 is 0. The van der Waals surface area contributed by atoms with E-state index in [1.807, 2.05) is 77.9 Å². The molecule has 0 amide bonds. The highest BCUT2D eigenvalue weighted by molar-refractivity contribution is 5.23. The Labute approximate surface area is 183 Å². The van der Waals surface area contributed by atoms with Crippen LogP contribution in [0.25, 0.3) is 0 Å². The number of aryl methyl sites for hydroxylation is 2. The summed E-state index contributed by atoms with van der Waals surface area (Å²) in [4.78, 5) is 21.0. The molecular formula is C26H40O4. The van der Waals surface area contributed by atoms with E-state index >= 15 is 0 Å². The molecule has 0 fully saturated rings. The molecule has 0 unspecified atom stereocenters. The molecule has 0 saturated carbocycles. The van der Waals surface area contributed by atoms with Gasteiger partial charge < -0.3 is 0 Å². The predicted molar refractivity (Wildman–Crippen MR) is 123 cm³/mol. The third kappa shape index (κ3) is 16.1. The molecule has 0 spiro atoms. The molecule has 30 heavy (non-hydrogen) atoms. The first-order chi connectivity index (χ1) is 14.2. The van der Waals surface area contributed by atoms with E-state index in [2.05, 4.69) is 24.3 Å². The Kier molecular flexibility index (Phi) is 12.6. The van der Waals surface area contributed by atoms with Crippen LogP contribution in [-0.4, -0.2) is 24.4 Å². The zero-order valence-corrected chi connectivity index (χ0v) is 19.6. The lowest BCUT2D eigenvalue weighted by Crippen LogP contribution is -2.19. The second kappa shape index (κ2) is 14.3. The minimum absolute atomic E-state index is 0.251. The summed E-state index contributed by atoms with van der Waals surface area (Å²) >= 11 is 0. The maximum atomic E-state index is 5.27. The largest absolute Gasteiger partial charge is 0.236 e. The molecule has 0 aliphatic carbocycles. The molecule has 0 N–H and O–H groups in total. The van der Waals surface area contributed by atoms with E-state index in [4.69, 9.17) is 19.6 Å². The van der Waals surface area contributed by atoms with E-state index < -0.39 is 0 Å². The van der Waals surface area contributed by atoms with Crippen molar-refractivity contribution < 1.29 is 19.6 Å². The van der Waals surface area contributed by atoms with Gasteiger partial charge in [-0.3, -0.25) is 0 Å². The fraction of sp³-hybridized carbons (Fsp3) is 0.538. The maximum absolute atomic E-state index is 5.27. The third-order valence-electron chi connectivity index (χ3n) is 3.66. The van der Waals surface area contributed by atoms with Crippen LogP contribution in [0.1, 0.15) is 65.5 Å². The van der Waals surface area contributed by atoms with Gasteiger partial charge in [-0.2, -0.15) is 0 Å². The van der Waals surface area contributed by atoms with E-state index in [9.17, 15) is 0 Å². The van der Waals surface area contributed by atoms with Gasteiger partial charge in [-0.15, -0.1) is 0 Å². The smallest absolute Gasteiger partial charge is 0.0952 e. The van der Waals surface area contributed by atoms with Crippen LogP contribution < -0.4 is 0 Å². The monoisotopic (exact) mass is 416 g/mol. The quantitative estimate of drug-likeness (QED) is 0.244. The van der Waals surface area contributed by atoms with E-state index in [-0.39, 0.29) is 11.2 Å². The molecule has 0 aromatic heterocycles. The first-order valence-corrected chi connectivity index (χ1v) is 10.8. The van der Waals surface area contributed by atoms with Crippen LogP contribution in [0, 0.1) is 0 Å². The Balaban J connectivity index is 0.000000637. The van der Waals surface area contributed by atoms with Crippen LogP contribution in [0.4, 0.5) is 0 Å². The normalized spacial score (nSPS) is 11.7. The van der Waals surface area contributed by atoms with E-state index in [1.54, 1.807) is 0 Å². The van der Waals surface area contributed by atoms with Gasteiger partial charge in [0, 0.05) is 0 Å². The van der Waals surface area contributed by atoms with Crippen molar-refractivity contribution in [2.75, 3.05) is 13.2 Å². The first kappa shape index (κ1) is 26.3. The molecular weight excluding hydrogens is 376 g/mol. The van der Waals surface area contributed by atoms with Gasteiger partial charge in [0.2, 0.25) is 0 Å². The second-order valence-electron chi connectivity index (χ2n) is 9.22. The average Bonchev–Trinajstić information content (AvgIpc) is 2.68. The Morgan fingerprint density at radius 2 is 0.933 bits per heavy atom. The van der Waals surface area contributed by atoms with Gasteiger partial charge in [0.05, 0.1) is 24.4 Å². The Hall–Kier alpha value is -1.72. The molecule has 4 nitrogen and oxygen atoms in total. The Bertz CT molecular complexity index is 591. The van der Waals surface area contributed by atoms with Gasteiger partial charge in [0.1, 0.15) is 0 Å². The lowest BCUT2D eigenvalue weighted by Gasteiger charge is -2.17. The van der Waals surface area contributed by atoms with Crippen molar-refractivity contribution in [3.8, 4) is 0 Å². The van der Waals surface area contributed by atoms with Gasteiger partial charge in [0.15, 0.2) is 0 Å². The fourth-order valence-corrected chi connectivity index (χ4v) is 2.43. The summed E-state index contributed by atoms with van der Waals surface area (Å²) in [5.74, 6) is 0. The highest BCUT2D eigenvalue weighted by atomic mass is 17.2. The highest BCUT2D eigenvalue weighted by Crippen LogP contribution is 2.12. The zero-order valence-electron chi connectivity index (χ0n) is 19.6. The molecule has 4 heteroatoms. The molecule has 2 aromatic carbocycles. The van der Waals surface area contributed by atoms with Gasteiger partial charge in [-0.1, -0.05) is 60.7 Å². The standard InChI is InChI=1S/C20H34O4.C6H6/c1-19(2,3)23-21-14-8-12-17-10-7-11-18(16-17)13-9-15-22-24-20(4,5)6;1-2-4-6-5-3-1/h7,10-11,16H,8-9,12-15H2,1-6H3;1-6H. The number of hydrogen-bond acceptors (Lipinski definition) is 4. The summed E-state index contributed by atoms with van der Waals surface area (Å²) in [6, 6.07) is 20.7. The third-order valence-corrected chi connectivity index (χ3v) is 3.66. The van der Waals surface area contributed by atoms with Crippen molar-refractivity contribution in [1.29, 1.82) is 0 Å². The van der Waals surface area contributed by atoms with Crippen molar-refractivity contribution in [1.82, 2.24) is 0 Å². The van der Waals surface area contributed by atoms with Crippen LogP contribution in [-0.2, 0) is 32.4 Å².